The Balaban J connectivity index is 1.80. The van der Waals surface area contributed by atoms with Crippen molar-refractivity contribution in [2.24, 2.45) is 0 Å². The van der Waals surface area contributed by atoms with Crippen LogP contribution in [0.2, 0.25) is 0 Å². The lowest BCUT2D eigenvalue weighted by molar-refractivity contribution is -0.274. The van der Waals surface area contributed by atoms with Crippen LogP contribution >= 0.6 is 0 Å². The molecule has 0 fully saturated rings. The average molecular weight is 439 g/mol. The van der Waals surface area contributed by atoms with Crippen molar-refractivity contribution in [3.63, 3.8) is 0 Å². The highest BCUT2D eigenvalue weighted by Gasteiger charge is 2.31. The van der Waals surface area contributed by atoms with E-state index in [1.807, 2.05) is 18.2 Å². The highest BCUT2D eigenvalue weighted by molar-refractivity contribution is 5.89. The van der Waals surface area contributed by atoms with Crippen molar-refractivity contribution < 1.29 is 22.6 Å². The van der Waals surface area contributed by atoms with Gasteiger partial charge < -0.3 is 9.47 Å². The number of para-hydroxylation sites is 2. The third kappa shape index (κ3) is 3.41. The highest BCUT2D eigenvalue weighted by atomic mass is 19.4. The van der Waals surface area contributed by atoms with E-state index < -0.39 is 17.7 Å². The molecule has 6 nitrogen and oxygen atoms in total. The average Bonchev–Trinajstić information content (AvgIpc) is 3.16. The summed E-state index contributed by atoms with van der Waals surface area (Å²) < 4.78 is 50.8. The molecule has 0 bridgehead atoms. The molecule has 0 radical (unpaired) electrons. The Morgan fingerprint density at radius 2 is 1.62 bits per heavy atom. The van der Waals surface area contributed by atoms with Crippen LogP contribution in [0.15, 0.2) is 71.5 Å². The van der Waals surface area contributed by atoms with Crippen LogP contribution in [0, 0.1) is 0 Å². The molecular weight excluding hydrogens is 423 g/mol. The van der Waals surface area contributed by atoms with E-state index in [2.05, 4.69) is 9.72 Å². The molecule has 32 heavy (non-hydrogen) atoms. The number of rotatable bonds is 4. The molecule has 162 valence electrons. The summed E-state index contributed by atoms with van der Waals surface area (Å²) in [5.74, 6) is 0.249. The number of halogens is 3. The highest BCUT2D eigenvalue weighted by Crippen LogP contribution is 2.28. The maximum Gasteiger partial charge on any atom is 0.573 e. The van der Waals surface area contributed by atoms with Gasteiger partial charge in [-0.2, -0.15) is 0 Å². The van der Waals surface area contributed by atoms with Gasteiger partial charge in [0, 0.05) is 6.07 Å². The van der Waals surface area contributed by atoms with Crippen molar-refractivity contribution in [1.82, 2.24) is 14.0 Å². The van der Waals surface area contributed by atoms with Crippen molar-refractivity contribution in [2.75, 3.05) is 7.11 Å². The molecule has 0 spiro atoms. The fourth-order valence-corrected chi connectivity index (χ4v) is 3.82. The standard InChI is InChI=1S/C23H16F3N3O3/c1-31-15-8-6-14(7-9-15)13-28-20-12-16(32-23(24,25)26)10-11-19(20)29-18-5-3-2-4-17(18)27-21(29)22(28)30/h2-12H,13H2,1H3. The van der Waals surface area contributed by atoms with Crippen molar-refractivity contribution in [1.29, 1.82) is 0 Å². The first kappa shape index (κ1) is 19.9. The zero-order chi connectivity index (χ0) is 22.5. The molecule has 2 heterocycles. The molecule has 0 aliphatic heterocycles. The van der Waals surface area contributed by atoms with E-state index in [-0.39, 0.29) is 12.2 Å². The zero-order valence-electron chi connectivity index (χ0n) is 16.8. The molecule has 0 N–H and O–H groups in total. The first-order valence-corrected chi connectivity index (χ1v) is 9.66. The van der Waals surface area contributed by atoms with Gasteiger partial charge in [0.15, 0.2) is 0 Å². The van der Waals surface area contributed by atoms with Crippen LogP contribution in [0.5, 0.6) is 11.5 Å². The Morgan fingerprint density at radius 3 is 2.34 bits per heavy atom. The lowest BCUT2D eigenvalue weighted by atomic mass is 10.2. The molecule has 5 aromatic rings. The number of ether oxygens (including phenoxy) is 2. The van der Waals surface area contributed by atoms with E-state index in [0.29, 0.717) is 27.8 Å². The number of alkyl halides is 3. The minimum atomic E-state index is -4.85. The van der Waals surface area contributed by atoms with Gasteiger partial charge in [-0.05, 0) is 42.0 Å². The molecule has 0 amide bonds. The SMILES string of the molecule is COc1ccc(Cn2c(=O)c3nc4ccccc4n3c3ccc(OC(F)(F)F)cc32)cc1. The number of fused-ring (bicyclic) bond motifs is 5. The summed E-state index contributed by atoms with van der Waals surface area (Å²) in [6.45, 7) is 0.133. The number of imidazole rings is 1. The van der Waals surface area contributed by atoms with Gasteiger partial charge in [0.1, 0.15) is 11.5 Å². The van der Waals surface area contributed by atoms with Crippen molar-refractivity contribution in [3.8, 4) is 11.5 Å². The summed E-state index contributed by atoms with van der Waals surface area (Å²) >= 11 is 0. The van der Waals surface area contributed by atoms with Crippen molar-refractivity contribution in [2.45, 2.75) is 12.9 Å². The monoisotopic (exact) mass is 439 g/mol. The molecule has 0 saturated heterocycles. The smallest absolute Gasteiger partial charge is 0.497 e. The van der Waals surface area contributed by atoms with Crippen LogP contribution < -0.4 is 15.0 Å². The van der Waals surface area contributed by atoms with Crippen LogP contribution in [-0.2, 0) is 6.54 Å². The molecule has 5 rings (SSSR count). The maximum atomic E-state index is 13.4. The van der Waals surface area contributed by atoms with E-state index in [1.54, 1.807) is 41.8 Å². The lowest BCUT2D eigenvalue weighted by Crippen LogP contribution is -2.24. The first-order valence-electron chi connectivity index (χ1n) is 9.66. The van der Waals surface area contributed by atoms with Gasteiger partial charge in [-0.25, -0.2) is 4.98 Å². The Kier molecular flexibility index (Phi) is 4.54. The van der Waals surface area contributed by atoms with Gasteiger partial charge in [-0.1, -0.05) is 24.3 Å². The summed E-state index contributed by atoms with van der Waals surface area (Å²) in [6, 6.07) is 18.2. The molecular formula is C23H16F3N3O3. The fourth-order valence-electron chi connectivity index (χ4n) is 3.82. The minimum Gasteiger partial charge on any atom is -0.497 e. The molecule has 2 aromatic heterocycles. The third-order valence-corrected chi connectivity index (χ3v) is 5.21. The number of hydrogen-bond acceptors (Lipinski definition) is 4. The maximum absolute atomic E-state index is 13.4. The summed E-state index contributed by atoms with van der Waals surface area (Å²) in [7, 11) is 1.55. The molecule has 0 aliphatic rings. The predicted octanol–water partition coefficient (Wildman–Crippen LogP) is 4.76. The van der Waals surface area contributed by atoms with Crippen LogP contribution in [0.1, 0.15) is 5.56 Å². The summed E-state index contributed by atoms with van der Waals surface area (Å²) in [5, 5.41) is 0. The van der Waals surface area contributed by atoms with E-state index in [0.717, 1.165) is 5.56 Å². The lowest BCUT2D eigenvalue weighted by Gasteiger charge is -2.15. The van der Waals surface area contributed by atoms with E-state index in [4.69, 9.17) is 4.74 Å². The van der Waals surface area contributed by atoms with Gasteiger partial charge in [-0.15, -0.1) is 13.2 Å². The first-order chi connectivity index (χ1) is 15.3. The number of hydrogen-bond donors (Lipinski definition) is 0. The number of methoxy groups -OCH3 is 1. The largest absolute Gasteiger partial charge is 0.573 e. The quantitative estimate of drug-likeness (QED) is 0.405. The summed E-state index contributed by atoms with van der Waals surface area (Å²) in [5.41, 5.74) is 2.68. The summed E-state index contributed by atoms with van der Waals surface area (Å²) in [4.78, 5) is 17.9. The molecule has 0 unspecified atom stereocenters. The Morgan fingerprint density at radius 1 is 0.906 bits per heavy atom. The second-order valence-corrected chi connectivity index (χ2v) is 7.20. The normalized spacial score (nSPS) is 12.0. The van der Waals surface area contributed by atoms with Crippen LogP contribution in [0.25, 0.3) is 27.7 Å². The molecule has 9 heteroatoms. The number of aromatic nitrogens is 3. The van der Waals surface area contributed by atoms with Crippen LogP contribution in [-0.4, -0.2) is 27.4 Å². The Labute approximate surface area is 179 Å². The van der Waals surface area contributed by atoms with Crippen molar-refractivity contribution >= 4 is 27.7 Å². The topological polar surface area (TPSA) is 57.8 Å². The Bertz CT molecular complexity index is 1520. The van der Waals surface area contributed by atoms with Crippen LogP contribution in [0.3, 0.4) is 0 Å². The van der Waals surface area contributed by atoms with E-state index in [1.165, 1.54) is 22.8 Å². The molecule has 0 atom stereocenters. The number of nitrogens with zero attached hydrogens (tertiary/aromatic N) is 3. The molecule has 0 aliphatic carbocycles. The Hall–Kier alpha value is -4.01. The zero-order valence-corrected chi connectivity index (χ0v) is 16.8. The second kappa shape index (κ2) is 7.30. The second-order valence-electron chi connectivity index (χ2n) is 7.20. The third-order valence-electron chi connectivity index (χ3n) is 5.21. The molecule has 0 saturated carbocycles. The van der Waals surface area contributed by atoms with Gasteiger partial charge in [0.25, 0.3) is 5.56 Å². The van der Waals surface area contributed by atoms with Gasteiger partial charge >= 0.3 is 6.36 Å². The fraction of sp³-hybridized carbons (Fsp3) is 0.130. The van der Waals surface area contributed by atoms with Gasteiger partial charge in [0.05, 0.1) is 35.7 Å². The van der Waals surface area contributed by atoms with E-state index in [9.17, 15) is 18.0 Å². The number of benzene rings is 3. The molecule has 3 aromatic carbocycles. The summed E-state index contributed by atoms with van der Waals surface area (Å²) in [6.07, 6.45) is -4.85. The van der Waals surface area contributed by atoms with E-state index >= 15 is 0 Å². The van der Waals surface area contributed by atoms with Crippen LogP contribution in [0.4, 0.5) is 13.2 Å². The minimum absolute atomic E-state index is 0.133. The van der Waals surface area contributed by atoms with Crippen molar-refractivity contribution in [3.05, 3.63) is 82.6 Å². The van der Waals surface area contributed by atoms with Gasteiger partial charge in [0.2, 0.25) is 5.65 Å². The van der Waals surface area contributed by atoms with Gasteiger partial charge in [-0.3, -0.25) is 13.8 Å². The predicted molar refractivity (Wildman–Crippen MR) is 113 cm³/mol.